The minimum Gasteiger partial charge on any atom is -0.398 e. The second-order valence-electron chi connectivity index (χ2n) is 4.50. The van der Waals surface area contributed by atoms with E-state index in [-0.39, 0.29) is 5.82 Å². The summed E-state index contributed by atoms with van der Waals surface area (Å²) in [5.74, 6) is -0.106. The lowest BCUT2D eigenvalue weighted by molar-refractivity contribution is 0.613. The second kappa shape index (κ2) is 3.88. The molecule has 0 fully saturated rings. The maximum atomic E-state index is 14.0. The van der Waals surface area contributed by atoms with E-state index in [0.717, 1.165) is 47.2 Å². The smallest absolute Gasteiger partial charge is 0.127 e. The highest BCUT2D eigenvalue weighted by Gasteiger charge is 2.20. The first kappa shape index (κ1) is 10.3. The van der Waals surface area contributed by atoms with Gasteiger partial charge in [0.1, 0.15) is 5.82 Å². The lowest BCUT2D eigenvalue weighted by atomic mass is 9.97. The summed E-state index contributed by atoms with van der Waals surface area (Å²) in [7, 11) is 0. The Bertz CT molecular complexity index is 561. The lowest BCUT2D eigenvalue weighted by Gasteiger charge is -2.12. The van der Waals surface area contributed by atoms with E-state index in [2.05, 4.69) is 0 Å². The third kappa shape index (κ3) is 1.60. The Morgan fingerprint density at radius 3 is 2.47 bits per heavy atom. The summed E-state index contributed by atoms with van der Waals surface area (Å²) in [4.78, 5) is 0. The Morgan fingerprint density at radius 2 is 1.71 bits per heavy atom. The highest BCUT2D eigenvalue weighted by molar-refractivity contribution is 5.80. The molecule has 0 saturated heterocycles. The number of hydrogen-bond acceptors (Lipinski definition) is 1. The summed E-state index contributed by atoms with van der Waals surface area (Å²) < 4.78 is 14.0. The van der Waals surface area contributed by atoms with E-state index in [1.165, 1.54) is 0 Å². The van der Waals surface area contributed by atoms with E-state index in [1.807, 2.05) is 30.3 Å². The number of benzene rings is 2. The van der Waals surface area contributed by atoms with Crippen molar-refractivity contribution in [2.45, 2.75) is 19.3 Å². The van der Waals surface area contributed by atoms with Crippen LogP contribution in [-0.2, 0) is 12.8 Å². The summed E-state index contributed by atoms with van der Waals surface area (Å²) in [5, 5.41) is 0. The Morgan fingerprint density at radius 1 is 1.00 bits per heavy atom. The van der Waals surface area contributed by atoms with Crippen LogP contribution in [0.1, 0.15) is 17.5 Å². The average molecular weight is 227 g/mol. The maximum absolute atomic E-state index is 14.0. The first-order valence-electron chi connectivity index (χ1n) is 5.92. The van der Waals surface area contributed by atoms with Gasteiger partial charge in [0.15, 0.2) is 0 Å². The van der Waals surface area contributed by atoms with Crippen LogP contribution in [0, 0.1) is 5.82 Å². The normalized spacial score (nSPS) is 13.7. The van der Waals surface area contributed by atoms with Gasteiger partial charge in [-0.1, -0.05) is 30.3 Å². The largest absolute Gasteiger partial charge is 0.398 e. The highest BCUT2D eigenvalue weighted by Crippen LogP contribution is 2.36. The van der Waals surface area contributed by atoms with Crippen molar-refractivity contribution < 1.29 is 4.39 Å². The van der Waals surface area contributed by atoms with Crippen LogP contribution >= 0.6 is 0 Å². The van der Waals surface area contributed by atoms with E-state index >= 15 is 0 Å². The minimum absolute atomic E-state index is 0.106. The molecule has 0 spiro atoms. The molecule has 1 aliphatic rings. The standard InChI is InChI=1S/C15H14FN/c16-14-9-13(10-5-2-1-3-6-10)15(17)12-8-4-7-11(12)14/h1-3,5-6,9H,4,7-8,17H2. The van der Waals surface area contributed by atoms with Crippen molar-refractivity contribution in [1.29, 1.82) is 0 Å². The molecule has 1 nitrogen and oxygen atoms in total. The molecule has 0 bridgehead atoms. The number of nitrogens with two attached hydrogens (primary N) is 1. The fourth-order valence-electron chi connectivity index (χ4n) is 2.62. The van der Waals surface area contributed by atoms with Crippen molar-refractivity contribution in [3.05, 3.63) is 53.3 Å². The summed E-state index contributed by atoms with van der Waals surface area (Å²) in [6, 6.07) is 11.3. The Kier molecular flexibility index (Phi) is 2.36. The van der Waals surface area contributed by atoms with Gasteiger partial charge in [0.2, 0.25) is 0 Å². The fourth-order valence-corrected chi connectivity index (χ4v) is 2.62. The molecule has 0 heterocycles. The summed E-state index contributed by atoms with van der Waals surface area (Å²) in [6.07, 6.45) is 2.73. The molecule has 2 aromatic rings. The van der Waals surface area contributed by atoms with Gasteiger partial charge in [0.05, 0.1) is 0 Å². The first-order chi connectivity index (χ1) is 8.27. The van der Waals surface area contributed by atoms with E-state index in [4.69, 9.17) is 5.73 Å². The van der Waals surface area contributed by atoms with Crippen molar-refractivity contribution >= 4 is 5.69 Å². The van der Waals surface area contributed by atoms with Gasteiger partial charge in [-0.2, -0.15) is 0 Å². The highest BCUT2D eigenvalue weighted by atomic mass is 19.1. The molecule has 0 aromatic heterocycles. The van der Waals surface area contributed by atoms with Gasteiger partial charge in [-0.05, 0) is 42.0 Å². The minimum atomic E-state index is -0.106. The summed E-state index contributed by atoms with van der Waals surface area (Å²) in [6.45, 7) is 0. The molecule has 0 atom stereocenters. The molecule has 17 heavy (non-hydrogen) atoms. The zero-order chi connectivity index (χ0) is 11.8. The lowest BCUT2D eigenvalue weighted by Crippen LogP contribution is -1.99. The molecule has 86 valence electrons. The molecular weight excluding hydrogens is 213 g/mol. The van der Waals surface area contributed by atoms with Crippen LogP contribution in [0.3, 0.4) is 0 Å². The van der Waals surface area contributed by atoms with Crippen LogP contribution in [0.25, 0.3) is 11.1 Å². The van der Waals surface area contributed by atoms with Crippen molar-refractivity contribution in [1.82, 2.24) is 0 Å². The average Bonchev–Trinajstić information content (AvgIpc) is 2.85. The van der Waals surface area contributed by atoms with Gasteiger partial charge in [-0.25, -0.2) is 4.39 Å². The molecule has 0 aliphatic heterocycles. The Hall–Kier alpha value is -1.83. The predicted octanol–water partition coefficient (Wildman–Crippen LogP) is 3.56. The van der Waals surface area contributed by atoms with Crippen molar-refractivity contribution in [2.75, 3.05) is 5.73 Å². The molecule has 2 heteroatoms. The number of hydrogen-bond donors (Lipinski definition) is 1. The number of nitrogen functional groups attached to an aromatic ring is 1. The number of rotatable bonds is 1. The molecule has 0 saturated carbocycles. The molecule has 0 unspecified atom stereocenters. The van der Waals surface area contributed by atoms with Gasteiger partial charge in [0, 0.05) is 11.3 Å². The summed E-state index contributed by atoms with van der Waals surface area (Å²) in [5.41, 5.74) is 10.6. The molecule has 0 radical (unpaired) electrons. The van der Waals surface area contributed by atoms with Crippen LogP contribution < -0.4 is 5.73 Å². The maximum Gasteiger partial charge on any atom is 0.127 e. The Balaban J connectivity index is 2.23. The Labute approximate surface area is 100 Å². The monoisotopic (exact) mass is 227 g/mol. The molecule has 2 aromatic carbocycles. The van der Waals surface area contributed by atoms with Crippen molar-refractivity contribution in [3.63, 3.8) is 0 Å². The van der Waals surface area contributed by atoms with Gasteiger partial charge in [-0.3, -0.25) is 0 Å². The molecular formula is C15H14FN. The number of anilines is 1. The van der Waals surface area contributed by atoms with Gasteiger partial charge < -0.3 is 5.73 Å². The van der Waals surface area contributed by atoms with Crippen LogP contribution in [0.2, 0.25) is 0 Å². The molecule has 1 aliphatic carbocycles. The first-order valence-corrected chi connectivity index (χ1v) is 5.92. The van der Waals surface area contributed by atoms with Crippen molar-refractivity contribution in [3.8, 4) is 11.1 Å². The van der Waals surface area contributed by atoms with E-state index in [0.29, 0.717) is 0 Å². The quantitative estimate of drug-likeness (QED) is 0.740. The second-order valence-corrected chi connectivity index (χ2v) is 4.50. The van der Waals surface area contributed by atoms with E-state index in [1.54, 1.807) is 6.07 Å². The van der Waals surface area contributed by atoms with Crippen LogP contribution in [-0.4, -0.2) is 0 Å². The van der Waals surface area contributed by atoms with Gasteiger partial charge in [-0.15, -0.1) is 0 Å². The topological polar surface area (TPSA) is 26.0 Å². The third-order valence-corrected chi connectivity index (χ3v) is 3.48. The van der Waals surface area contributed by atoms with E-state index < -0.39 is 0 Å². The van der Waals surface area contributed by atoms with Crippen LogP contribution in [0.5, 0.6) is 0 Å². The number of fused-ring (bicyclic) bond motifs is 1. The van der Waals surface area contributed by atoms with Crippen LogP contribution in [0.4, 0.5) is 10.1 Å². The molecule has 2 N–H and O–H groups in total. The number of halogens is 1. The van der Waals surface area contributed by atoms with E-state index in [9.17, 15) is 4.39 Å². The third-order valence-electron chi connectivity index (χ3n) is 3.48. The van der Waals surface area contributed by atoms with Gasteiger partial charge >= 0.3 is 0 Å². The van der Waals surface area contributed by atoms with Crippen LogP contribution in [0.15, 0.2) is 36.4 Å². The zero-order valence-corrected chi connectivity index (χ0v) is 9.54. The zero-order valence-electron chi connectivity index (χ0n) is 9.54. The SMILES string of the molecule is Nc1c(-c2ccccc2)cc(F)c2c1CCC2. The predicted molar refractivity (Wildman–Crippen MR) is 68.3 cm³/mol. The summed E-state index contributed by atoms with van der Waals surface area (Å²) >= 11 is 0. The fraction of sp³-hybridized carbons (Fsp3) is 0.200. The molecule has 0 amide bonds. The van der Waals surface area contributed by atoms with Gasteiger partial charge in [0.25, 0.3) is 0 Å². The molecule has 3 rings (SSSR count). The van der Waals surface area contributed by atoms with Crippen molar-refractivity contribution in [2.24, 2.45) is 0 Å².